The van der Waals surface area contributed by atoms with Crippen LogP contribution in [0.5, 0.6) is 5.75 Å². The Labute approximate surface area is 166 Å². The summed E-state index contributed by atoms with van der Waals surface area (Å²) in [6.45, 7) is 4.23. The molecule has 1 saturated carbocycles. The van der Waals surface area contributed by atoms with Crippen LogP contribution in [0.15, 0.2) is 47.6 Å². The Bertz CT molecular complexity index is 744. The maximum Gasteiger partial charge on any atom is 0.191 e. The monoisotopic (exact) mass is 386 g/mol. The number of aromatic nitrogens is 1. The molecule has 1 aromatic heterocycles. The molecule has 5 nitrogen and oxygen atoms in total. The molecule has 6 heteroatoms. The second-order valence-corrected chi connectivity index (χ2v) is 7.03. The number of pyridine rings is 1. The standard InChI is InChI=1S/C21H27ClN4O/c1-2-23-21(24-13-12-16-10-11-20(22)25-14-16)26-15-17-6-3-4-9-19(17)27-18-7-5-8-18/h3-4,6,9-11,14,18H,2,5,7-8,12-13,15H2,1H3,(H2,23,24,26). The number of hydrogen-bond acceptors (Lipinski definition) is 3. The molecule has 2 aromatic rings. The average Bonchev–Trinajstić information content (AvgIpc) is 2.65. The Balaban J connectivity index is 1.56. The van der Waals surface area contributed by atoms with Gasteiger partial charge in [-0.15, -0.1) is 0 Å². The molecule has 1 aliphatic carbocycles. The molecule has 0 unspecified atom stereocenters. The van der Waals surface area contributed by atoms with E-state index in [9.17, 15) is 0 Å². The van der Waals surface area contributed by atoms with Crippen LogP contribution < -0.4 is 15.4 Å². The summed E-state index contributed by atoms with van der Waals surface area (Å²) in [7, 11) is 0. The predicted octanol–water partition coefficient (Wildman–Crippen LogP) is 3.96. The minimum atomic E-state index is 0.370. The Morgan fingerprint density at radius 3 is 2.78 bits per heavy atom. The maximum atomic E-state index is 6.09. The molecule has 27 heavy (non-hydrogen) atoms. The van der Waals surface area contributed by atoms with Crippen LogP contribution in [0.3, 0.4) is 0 Å². The first-order valence-corrected chi connectivity index (χ1v) is 9.99. The third-order valence-corrected chi connectivity index (χ3v) is 4.79. The van der Waals surface area contributed by atoms with Gasteiger partial charge in [0.1, 0.15) is 10.9 Å². The van der Waals surface area contributed by atoms with E-state index in [0.717, 1.165) is 55.2 Å². The van der Waals surface area contributed by atoms with Gasteiger partial charge in [0.05, 0.1) is 12.6 Å². The normalized spacial score (nSPS) is 14.5. The minimum Gasteiger partial charge on any atom is -0.490 e. The molecule has 0 amide bonds. The van der Waals surface area contributed by atoms with Crippen LogP contribution in [0.25, 0.3) is 0 Å². The summed E-state index contributed by atoms with van der Waals surface area (Å²) >= 11 is 5.83. The maximum absolute atomic E-state index is 6.09. The summed E-state index contributed by atoms with van der Waals surface area (Å²) in [5, 5.41) is 7.18. The molecule has 0 saturated heterocycles. The van der Waals surface area contributed by atoms with Crippen molar-refractivity contribution in [2.24, 2.45) is 4.99 Å². The van der Waals surface area contributed by atoms with Crippen molar-refractivity contribution in [3.63, 3.8) is 0 Å². The van der Waals surface area contributed by atoms with E-state index in [4.69, 9.17) is 21.3 Å². The van der Waals surface area contributed by atoms with Gasteiger partial charge in [0.25, 0.3) is 0 Å². The fourth-order valence-corrected chi connectivity index (χ4v) is 2.91. The second-order valence-electron chi connectivity index (χ2n) is 6.64. The molecule has 1 aromatic carbocycles. The van der Waals surface area contributed by atoms with Crippen molar-refractivity contribution in [3.8, 4) is 5.75 Å². The smallest absolute Gasteiger partial charge is 0.191 e. The molecule has 1 fully saturated rings. The zero-order valence-electron chi connectivity index (χ0n) is 15.7. The van der Waals surface area contributed by atoms with Crippen LogP contribution in [0, 0.1) is 0 Å². The summed E-state index contributed by atoms with van der Waals surface area (Å²) < 4.78 is 6.09. The summed E-state index contributed by atoms with van der Waals surface area (Å²) in [6, 6.07) is 12.0. The highest BCUT2D eigenvalue weighted by atomic mass is 35.5. The van der Waals surface area contributed by atoms with Gasteiger partial charge in [-0.1, -0.05) is 35.9 Å². The molecular weight excluding hydrogens is 360 g/mol. The number of nitrogens with zero attached hydrogens (tertiary/aromatic N) is 2. The highest BCUT2D eigenvalue weighted by Crippen LogP contribution is 2.27. The number of rotatable bonds is 8. The molecule has 0 bridgehead atoms. The van der Waals surface area contributed by atoms with Crippen molar-refractivity contribution < 1.29 is 4.74 Å². The molecule has 144 valence electrons. The van der Waals surface area contributed by atoms with E-state index in [1.54, 1.807) is 0 Å². The van der Waals surface area contributed by atoms with Crippen molar-refractivity contribution in [1.82, 2.24) is 15.6 Å². The minimum absolute atomic E-state index is 0.370. The Morgan fingerprint density at radius 1 is 1.22 bits per heavy atom. The van der Waals surface area contributed by atoms with E-state index in [1.807, 2.05) is 36.5 Å². The number of benzene rings is 1. The highest BCUT2D eigenvalue weighted by Gasteiger charge is 2.20. The molecular formula is C21H27ClN4O. The zero-order chi connectivity index (χ0) is 18.9. The van der Waals surface area contributed by atoms with Crippen LogP contribution in [-0.4, -0.2) is 30.1 Å². The van der Waals surface area contributed by atoms with Crippen LogP contribution in [0.4, 0.5) is 0 Å². The van der Waals surface area contributed by atoms with E-state index in [0.29, 0.717) is 17.8 Å². The SMILES string of the molecule is CCNC(=NCc1ccccc1OC1CCC1)NCCc1ccc(Cl)nc1. The Morgan fingerprint density at radius 2 is 2.07 bits per heavy atom. The van der Waals surface area contributed by atoms with E-state index >= 15 is 0 Å². The van der Waals surface area contributed by atoms with Gasteiger partial charge >= 0.3 is 0 Å². The molecule has 3 rings (SSSR count). The van der Waals surface area contributed by atoms with Crippen LogP contribution in [0.2, 0.25) is 5.15 Å². The summed E-state index contributed by atoms with van der Waals surface area (Å²) in [5.41, 5.74) is 2.26. The third kappa shape index (κ3) is 6.14. The van der Waals surface area contributed by atoms with Crippen molar-refractivity contribution >= 4 is 17.6 Å². The lowest BCUT2D eigenvalue weighted by Gasteiger charge is -2.27. The van der Waals surface area contributed by atoms with Gasteiger partial charge in [-0.3, -0.25) is 0 Å². The summed E-state index contributed by atoms with van der Waals surface area (Å²) in [4.78, 5) is 8.83. The van der Waals surface area contributed by atoms with Gasteiger partial charge in [-0.25, -0.2) is 9.98 Å². The number of ether oxygens (including phenoxy) is 1. The molecule has 1 heterocycles. The predicted molar refractivity (Wildman–Crippen MR) is 110 cm³/mol. The lowest BCUT2D eigenvalue weighted by atomic mass is 9.96. The Kier molecular flexibility index (Phi) is 7.34. The topological polar surface area (TPSA) is 58.5 Å². The van der Waals surface area contributed by atoms with Gasteiger partial charge in [0.15, 0.2) is 5.96 Å². The van der Waals surface area contributed by atoms with Gasteiger partial charge in [0.2, 0.25) is 0 Å². The molecule has 2 N–H and O–H groups in total. The van der Waals surface area contributed by atoms with E-state index < -0.39 is 0 Å². The number of hydrogen-bond donors (Lipinski definition) is 2. The molecule has 0 aliphatic heterocycles. The molecule has 0 atom stereocenters. The number of halogens is 1. The van der Waals surface area contributed by atoms with Crippen LogP contribution >= 0.6 is 11.6 Å². The summed E-state index contributed by atoms with van der Waals surface area (Å²) in [6.07, 6.45) is 6.61. The van der Waals surface area contributed by atoms with E-state index in [-0.39, 0.29) is 0 Å². The van der Waals surface area contributed by atoms with Crippen LogP contribution in [0.1, 0.15) is 37.3 Å². The molecule has 0 radical (unpaired) electrons. The fourth-order valence-electron chi connectivity index (χ4n) is 2.80. The number of para-hydroxylation sites is 1. The van der Waals surface area contributed by atoms with Crippen LogP contribution in [-0.2, 0) is 13.0 Å². The van der Waals surface area contributed by atoms with Gasteiger partial charge in [-0.2, -0.15) is 0 Å². The van der Waals surface area contributed by atoms with Gasteiger partial charge in [-0.05, 0) is 50.3 Å². The first-order valence-electron chi connectivity index (χ1n) is 9.61. The number of nitrogens with one attached hydrogen (secondary N) is 2. The van der Waals surface area contributed by atoms with Gasteiger partial charge < -0.3 is 15.4 Å². The van der Waals surface area contributed by atoms with Gasteiger partial charge in [0, 0.05) is 24.8 Å². The second kappa shape index (κ2) is 10.2. The third-order valence-electron chi connectivity index (χ3n) is 4.56. The summed E-state index contributed by atoms with van der Waals surface area (Å²) in [5.74, 6) is 1.76. The lowest BCUT2D eigenvalue weighted by molar-refractivity contribution is 0.119. The number of aliphatic imine (C=N–C) groups is 1. The van der Waals surface area contributed by atoms with Crippen molar-refractivity contribution in [2.75, 3.05) is 13.1 Å². The van der Waals surface area contributed by atoms with Crippen molar-refractivity contribution in [1.29, 1.82) is 0 Å². The lowest BCUT2D eigenvalue weighted by Crippen LogP contribution is -2.38. The molecule has 1 aliphatic rings. The largest absolute Gasteiger partial charge is 0.490 e. The van der Waals surface area contributed by atoms with E-state index in [2.05, 4.69) is 28.6 Å². The zero-order valence-corrected chi connectivity index (χ0v) is 16.5. The first-order chi connectivity index (χ1) is 13.2. The number of guanidine groups is 1. The van der Waals surface area contributed by atoms with Crippen molar-refractivity contribution in [2.45, 2.75) is 45.3 Å². The quantitative estimate of drug-likeness (QED) is 0.409. The highest BCUT2D eigenvalue weighted by molar-refractivity contribution is 6.29. The van der Waals surface area contributed by atoms with E-state index in [1.165, 1.54) is 6.42 Å². The molecule has 0 spiro atoms. The van der Waals surface area contributed by atoms with Crippen molar-refractivity contribution in [3.05, 3.63) is 58.9 Å². The first kappa shape index (κ1) is 19.5. The average molecular weight is 387 g/mol. The Hall–Kier alpha value is -2.27. The fraction of sp³-hybridized carbons (Fsp3) is 0.429.